The van der Waals surface area contributed by atoms with Gasteiger partial charge in [-0.05, 0) is 11.6 Å². The van der Waals surface area contributed by atoms with Crippen LogP contribution in [0.5, 0.6) is 0 Å². The molecule has 1 unspecified atom stereocenters. The SMILES string of the molecule is O=C(Cl)C(=O)OP. The fraction of sp³-hybridized carbons (Fsp3) is 0. The molecule has 0 fully saturated rings. The Morgan fingerprint density at radius 2 is 2.00 bits per heavy atom. The Morgan fingerprint density at radius 3 is 2.00 bits per heavy atom. The first-order valence-corrected chi connectivity index (χ1v) is 2.14. The molecule has 0 saturated carbocycles. The van der Waals surface area contributed by atoms with Gasteiger partial charge in [0.1, 0.15) is 0 Å². The summed E-state index contributed by atoms with van der Waals surface area (Å²) in [6.45, 7) is 0. The molecule has 0 heterocycles. The highest BCUT2D eigenvalue weighted by Gasteiger charge is 2.07. The van der Waals surface area contributed by atoms with E-state index >= 15 is 0 Å². The first-order valence-electron chi connectivity index (χ1n) is 1.29. The van der Waals surface area contributed by atoms with E-state index in [4.69, 9.17) is 0 Å². The second-order valence-electron chi connectivity index (χ2n) is 0.679. The Kier molecular flexibility index (Phi) is 2.88. The minimum Gasteiger partial charge on any atom is -0.445 e. The summed E-state index contributed by atoms with van der Waals surface area (Å²) in [7, 11) is 1.61. The Hall–Kier alpha value is -0.140. The lowest BCUT2D eigenvalue weighted by Gasteiger charge is -1.84. The van der Waals surface area contributed by atoms with E-state index in [0.717, 1.165) is 0 Å². The van der Waals surface area contributed by atoms with Crippen LogP contribution in [0, 0.1) is 0 Å². The van der Waals surface area contributed by atoms with Crippen LogP contribution < -0.4 is 0 Å². The highest BCUT2D eigenvalue weighted by molar-refractivity contribution is 7.11. The number of carbonyl (C=O) groups is 2. The van der Waals surface area contributed by atoms with E-state index in [-0.39, 0.29) is 0 Å². The number of rotatable bonds is 1. The summed E-state index contributed by atoms with van der Waals surface area (Å²) in [4.78, 5) is 19.4. The molecule has 0 aromatic carbocycles. The van der Waals surface area contributed by atoms with Crippen LogP contribution in [0.15, 0.2) is 0 Å². The lowest BCUT2D eigenvalue weighted by atomic mass is 10.8. The van der Waals surface area contributed by atoms with E-state index in [9.17, 15) is 9.59 Å². The molecule has 0 rings (SSSR count). The Labute approximate surface area is 47.3 Å². The van der Waals surface area contributed by atoms with E-state index in [2.05, 4.69) is 16.1 Å². The van der Waals surface area contributed by atoms with Crippen molar-refractivity contribution in [3.05, 3.63) is 0 Å². The predicted octanol–water partition coefficient (Wildman–Crippen LogP) is 0.0851. The third-order valence-electron chi connectivity index (χ3n) is 0.268. The predicted molar refractivity (Wildman–Crippen MR) is 26.7 cm³/mol. The van der Waals surface area contributed by atoms with Gasteiger partial charge in [-0.3, -0.25) is 4.79 Å². The van der Waals surface area contributed by atoms with Gasteiger partial charge >= 0.3 is 11.2 Å². The second-order valence-corrected chi connectivity index (χ2v) is 1.26. The molecule has 40 valence electrons. The summed E-state index contributed by atoms with van der Waals surface area (Å²) in [6.07, 6.45) is 0. The quantitative estimate of drug-likeness (QED) is 0.294. The van der Waals surface area contributed by atoms with Crippen molar-refractivity contribution < 1.29 is 14.1 Å². The Balaban J connectivity index is 3.58. The molecule has 5 heteroatoms. The third-order valence-corrected chi connectivity index (χ3v) is 0.636. The smallest absolute Gasteiger partial charge is 0.393 e. The van der Waals surface area contributed by atoms with Crippen molar-refractivity contribution in [2.45, 2.75) is 0 Å². The topological polar surface area (TPSA) is 43.4 Å². The molecule has 3 nitrogen and oxygen atoms in total. The van der Waals surface area contributed by atoms with Gasteiger partial charge in [-0.25, -0.2) is 4.79 Å². The molecular weight excluding hydrogens is 138 g/mol. The van der Waals surface area contributed by atoms with Gasteiger partial charge in [0.15, 0.2) is 0 Å². The average Bonchev–Trinajstić information content (AvgIpc) is 1.65. The zero-order valence-electron chi connectivity index (χ0n) is 3.18. The first kappa shape index (κ1) is 6.86. The molecule has 0 aliphatic heterocycles. The zero-order chi connectivity index (χ0) is 5.86. The highest BCUT2D eigenvalue weighted by Crippen LogP contribution is 1.89. The van der Waals surface area contributed by atoms with Gasteiger partial charge in [0.05, 0.1) is 9.47 Å². The molecule has 0 aliphatic carbocycles. The Bertz CT molecular complexity index is 101. The zero-order valence-corrected chi connectivity index (χ0v) is 5.09. The highest BCUT2D eigenvalue weighted by atomic mass is 35.5. The van der Waals surface area contributed by atoms with Gasteiger partial charge in [-0.2, -0.15) is 0 Å². The van der Waals surface area contributed by atoms with Crippen molar-refractivity contribution in [3.63, 3.8) is 0 Å². The van der Waals surface area contributed by atoms with Gasteiger partial charge in [0.25, 0.3) is 0 Å². The second kappa shape index (κ2) is 2.94. The lowest BCUT2D eigenvalue weighted by molar-refractivity contribution is -0.142. The maximum absolute atomic E-state index is 9.79. The molecule has 0 aromatic rings. The van der Waals surface area contributed by atoms with Crippen LogP contribution in [0.3, 0.4) is 0 Å². The average molecular weight is 140 g/mol. The lowest BCUT2D eigenvalue weighted by Crippen LogP contribution is -2.04. The number of carbonyl (C=O) groups excluding carboxylic acids is 2. The number of hydrogen-bond donors (Lipinski definition) is 0. The maximum atomic E-state index is 9.79. The number of hydrogen-bond acceptors (Lipinski definition) is 3. The summed E-state index contributed by atoms with van der Waals surface area (Å²) < 4.78 is 3.81. The van der Waals surface area contributed by atoms with Crippen LogP contribution in [-0.2, 0) is 14.1 Å². The molecule has 0 aliphatic rings. The summed E-state index contributed by atoms with van der Waals surface area (Å²) in [5, 5.41) is -1.12. The molecule has 7 heavy (non-hydrogen) atoms. The largest absolute Gasteiger partial charge is 0.445 e. The van der Waals surface area contributed by atoms with Crippen LogP contribution in [0.2, 0.25) is 0 Å². The normalized spacial score (nSPS) is 7.71. The van der Waals surface area contributed by atoms with Gasteiger partial charge in [0, 0.05) is 0 Å². The van der Waals surface area contributed by atoms with Gasteiger partial charge < -0.3 is 4.52 Å². The molecule has 0 N–H and O–H groups in total. The monoisotopic (exact) mass is 140 g/mol. The van der Waals surface area contributed by atoms with Crippen LogP contribution in [0.25, 0.3) is 0 Å². The van der Waals surface area contributed by atoms with Crippen LogP contribution in [0.1, 0.15) is 0 Å². The van der Waals surface area contributed by atoms with Crippen molar-refractivity contribution >= 4 is 32.3 Å². The molecule has 0 amide bonds. The molecule has 1 atom stereocenters. The molecule has 0 spiro atoms. The van der Waals surface area contributed by atoms with Crippen LogP contribution >= 0.6 is 21.1 Å². The van der Waals surface area contributed by atoms with Crippen molar-refractivity contribution in [2.75, 3.05) is 0 Å². The van der Waals surface area contributed by atoms with Crippen molar-refractivity contribution in [3.8, 4) is 0 Å². The first-order chi connectivity index (χ1) is 3.18. The van der Waals surface area contributed by atoms with Crippen LogP contribution in [0.4, 0.5) is 0 Å². The van der Waals surface area contributed by atoms with E-state index in [0.29, 0.717) is 0 Å². The van der Waals surface area contributed by atoms with E-state index < -0.39 is 11.2 Å². The van der Waals surface area contributed by atoms with Crippen molar-refractivity contribution in [1.29, 1.82) is 0 Å². The maximum Gasteiger partial charge on any atom is 0.393 e. The van der Waals surface area contributed by atoms with Crippen molar-refractivity contribution in [2.24, 2.45) is 0 Å². The van der Waals surface area contributed by atoms with Gasteiger partial charge in [-0.1, -0.05) is 0 Å². The minimum absolute atomic E-state index is 1.06. The van der Waals surface area contributed by atoms with E-state index in [1.54, 1.807) is 9.47 Å². The number of halogens is 1. The summed E-state index contributed by atoms with van der Waals surface area (Å²) in [6, 6.07) is 0. The molecule has 0 aromatic heterocycles. The summed E-state index contributed by atoms with van der Waals surface area (Å²) in [5.41, 5.74) is 0. The van der Waals surface area contributed by atoms with E-state index in [1.807, 2.05) is 0 Å². The van der Waals surface area contributed by atoms with Crippen LogP contribution in [-0.4, -0.2) is 11.2 Å². The van der Waals surface area contributed by atoms with Gasteiger partial charge in [-0.15, -0.1) is 0 Å². The van der Waals surface area contributed by atoms with Crippen molar-refractivity contribution in [1.82, 2.24) is 0 Å². The molecular formula is C2H2ClO3P. The fourth-order valence-electron chi connectivity index (χ4n) is 0.0463. The molecule has 0 saturated heterocycles. The standard InChI is InChI=1S/C2H2ClO3P/c3-1(4)2(5)6-7/h7H2. The summed E-state index contributed by atoms with van der Waals surface area (Å²) in [5.74, 6) is -1.06. The third kappa shape index (κ3) is 2.54. The fourth-order valence-corrected chi connectivity index (χ4v) is 0.273. The minimum atomic E-state index is -1.12. The molecule has 0 radical (unpaired) electrons. The summed E-state index contributed by atoms with van der Waals surface area (Å²) >= 11 is 4.60. The Morgan fingerprint density at radius 1 is 1.57 bits per heavy atom. The van der Waals surface area contributed by atoms with Gasteiger partial charge in [0.2, 0.25) is 0 Å². The molecule has 0 bridgehead atoms. The van der Waals surface area contributed by atoms with E-state index in [1.165, 1.54) is 0 Å².